The first-order chi connectivity index (χ1) is 9.90. The number of hydrogen-bond acceptors (Lipinski definition) is 2. The number of carboxylic acids is 1. The minimum atomic E-state index is -1.28. The molecule has 0 aliphatic heterocycles. The average molecular weight is 287 g/mol. The monoisotopic (exact) mass is 287 g/mol. The Morgan fingerprint density at radius 1 is 1.24 bits per heavy atom. The summed E-state index contributed by atoms with van der Waals surface area (Å²) >= 11 is 0. The third-order valence-electron chi connectivity index (χ3n) is 2.97. The summed E-state index contributed by atoms with van der Waals surface area (Å²) in [7, 11) is 0. The summed E-state index contributed by atoms with van der Waals surface area (Å²) in [5.41, 5.74) is 0.956. The number of pyridine rings is 1. The molecule has 0 fully saturated rings. The molecule has 0 unspecified atom stereocenters. The predicted octanol–water partition coefficient (Wildman–Crippen LogP) is 2.93. The molecule has 1 aromatic carbocycles. The second-order valence-corrected chi connectivity index (χ2v) is 4.79. The number of carbonyl (C=O) groups is 1. The summed E-state index contributed by atoms with van der Waals surface area (Å²) in [4.78, 5) is 23.3. The van der Waals surface area contributed by atoms with Gasteiger partial charge in [0.1, 0.15) is 11.4 Å². The van der Waals surface area contributed by atoms with Gasteiger partial charge in [0, 0.05) is 6.54 Å². The van der Waals surface area contributed by atoms with E-state index < -0.39 is 11.5 Å². The van der Waals surface area contributed by atoms with Gasteiger partial charge in [-0.1, -0.05) is 12.2 Å². The van der Waals surface area contributed by atoms with E-state index in [0.29, 0.717) is 16.8 Å². The molecule has 0 aliphatic rings. The first kappa shape index (κ1) is 14.7. The number of aromatic nitrogens is 1. The number of nitrogens with zero attached hydrogens (tertiary/aromatic N) is 1. The van der Waals surface area contributed by atoms with E-state index in [1.807, 2.05) is 0 Å². The molecule has 0 saturated carbocycles. The van der Waals surface area contributed by atoms with E-state index in [4.69, 9.17) is 5.11 Å². The SMILES string of the molecule is C=C(C)Cn1c(-c2ccc(F)cc2)ccc(C(=O)O)c1=O. The van der Waals surface area contributed by atoms with Crippen molar-refractivity contribution in [2.75, 3.05) is 0 Å². The molecule has 1 N–H and O–H groups in total. The normalized spacial score (nSPS) is 10.4. The molecule has 1 heterocycles. The van der Waals surface area contributed by atoms with E-state index in [1.54, 1.807) is 25.1 Å². The Balaban J connectivity index is 2.68. The minimum absolute atomic E-state index is 0.201. The van der Waals surface area contributed by atoms with Crippen molar-refractivity contribution < 1.29 is 14.3 Å². The van der Waals surface area contributed by atoms with E-state index in [2.05, 4.69) is 6.58 Å². The summed E-state index contributed by atoms with van der Waals surface area (Å²) in [5.74, 6) is -1.66. The van der Waals surface area contributed by atoms with Crippen LogP contribution in [0.15, 0.2) is 53.3 Å². The zero-order valence-electron chi connectivity index (χ0n) is 11.5. The molecule has 5 heteroatoms. The van der Waals surface area contributed by atoms with Gasteiger partial charge in [-0.15, -0.1) is 0 Å². The third-order valence-corrected chi connectivity index (χ3v) is 2.97. The number of halogens is 1. The molecular weight excluding hydrogens is 273 g/mol. The molecule has 0 radical (unpaired) electrons. The predicted molar refractivity (Wildman–Crippen MR) is 77.9 cm³/mol. The van der Waals surface area contributed by atoms with Gasteiger partial charge in [0.25, 0.3) is 5.56 Å². The Hall–Kier alpha value is -2.69. The Kier molecular flexibility index (Phi) is 4.03. The maximum absolute atomic E-state index is 13.0. The van der Waals surface area contributed by atoms with Crippen molar-refractivity contribution in [1.29, 1.82) is 0 Å². The fourth-order valence-corrected chi connectivity index (χ4v) is 2.04. The number of aromatic carboxylic acids is 1. The van der Waals surface area contributed by atoms with Crippen LogP contribution >= 0.6 is 0 Å². The summed E-state index contributed by atoms with van der Waals surface area (Å²) in [6, 6.07) is 8.46. The van der Waals surface area contributed by atoms with Crippen molar-refractivity contribution in [1.82, 2.24) is 4.57 Å². The molecule has 0 amide bonds. The van der Waals surface area contributed by atoms with Gasteiger partial charge in [0.2, 0.25) is 0 Å². The van der Waals surface area contributed by atoms with Crippen molar-refractivity contribution in [3.63, 3.8) is 0 Å². The van der Waals surface area contributed by atoms with Gasteiger partial charge in [-0.25, -0.2) is 9.18 Å². The van der Waals surface area contributed by atoms with Crippen LogP contribution in [0.4, 0.5) is 4.39 Å². The van der Waals surface area contributed by atoms with E-state index in [1.165, 1.54) is 22.8 Å². The molecule has 0 aliphatic carbocycles. The van der Waals surface area contributed by atoms with Crippen LogP contribution in [0.2, 0.25) is 0 Å². The van der Waals surface area contributed by atoms with E-state index in [-0.39, 0.29) is 17.9 Å². The minimum Gasteiger partial charge on any atom is -0.477 e. The third kappa shape index (κ3) is 3.08. The lowest BCUT2D eigenvalue weighted by Crippen LogP contribution is -2.27. The van der Waals surface area contributed by atoms with Crippen molar-refractivity contribution in [3.8, 4) is 11.3 Å². The van der Waals surface area contributed by atoms with E-state index in [9.17, 15) is 14.0 Å². The summed E-state index contributed by atoms with van der Waals surface area (Å²) in [5, 5.41) is 9.04. The Bertz CT molecular complexity index is 760. The quantitative estimate of drug-likeness (QED) is 0.880. The molecule has 1 aromatic heterocycles. The van der Waals surface area contributed by atoms with Crippen LogP contribution < -0.4 is 5.56 Å². The fourth-order valence-electron chi connectivity index (χ4n) is 2.04. The molecule has 21 heavy (non-hydrogen) atoms. The summed E-state index contributed by atoms with van der Waals surface area (Å²) < 4.78 is 14.3. The van der Waals surface area contributed by atoms with Crippen LogP contribution in [0, 0.1) is 5.82 Å². The molecule has 2 rings (SSSR count). The summed E-state index contributed by atoms with van der Waals surface area (Å²) in [6.45, 7) is 5.69. The second kappa shape index (κ2) is 5.75. The topological polar surface area (TPSA) is 59.3 Å². The summed E-state index contributed by atoms with van der Waals surface area (Å²) in [6.07, 6.45) is 0. The standard InChI is InChI=1S/C16H14FNO3/c1-10(2)9-18-14(11-3-5-12(17)6-4-11)8-7-13(15(18)19)16(20)21/h3-8H,1,9H2,2H3,(H,20,21). The maximum atomic E-state index is 13.0. The highest BCUT2D eigenvalue weighted by molar-refractivity contribution is 5.87. The first-order valence-electron chi connectivity index (χ1n) is 6.27. The molecule has 0 bridgehead atoms. The number of hydrogen-bond donors (Lipinski definition) is 1. The highest BCUT2D eigenvalue weighted by Crippen LogP contribution is 2.19. The lowest BCUT2D eigenvalue weighted by molar-refractivity contribution is 0.0694. The van der Waals surface area contributed by atoms with E-state index in [0.717, 1.165) is 0 Å². The second-order valence-electron chi connectivity index (χ2n) is 4.79. The fraction of sp³-hybridized carbons (Fsp3) is 0.125. The lowest BCUT2D eigenvalue weighted by atomic mass is 10.1. The van der Waals surface area contributed by atoms with Crippen LogP contribution in [-0.4, -0.2) is 15.6 Å². The van der Waals surface area contributed by atoms with E-state index >= 15 is 0 Å². The van der Waals surface area contributed by atoms with Gasteiger partial charge in [-0.3, -0.25) is 4.79 Å². The average Bonchev–Trinajstić information content (AvgIpc) is 2.41. The number of benzene rings is 1. The van der Waals surface area contributed by atoms with Crippen LogP contribution in [-0.2, 0) is 6.54 Å². The van der Waals surface area contributed by atoms with Crippen LogP contribution in [0.1, 0.15) is 17.3 Å². The maximum Gasteiger partial charge on any atom is 0.341 e. The van der Waals surface area contributed by atoms with Gasteiger partial charge in [-0.2, -0.15) is 0 Å². The Labute approximate surface area is 120 Å². The molecule has 0 spiro atoms. The molecular formula is C16H14FNO3. The molecule has 4 nitrogen and oxygen atoms in total. The number of rotatable bonds is 4. The largest absolute Gasteiger partial charge is 0.477 e. The zero-order chi connectivity index (χ0) is 15.6. The van der Waals surface area contributed by atoms with Crippen LogP contribution in [0.5, 0.6) is 0 Å². The highest BCUT2D eigenvalue weighted by atomic mass is 19.1. The molecule has 0 atom stereocenters. The van der Waals surface area contributed by atoms with Crippen molar-refractivity contribution in [2.24, 2.45) is 0 Å². The number of allylic oxidation sites excluding steroid dienone is 1. The smallest absolute Gasteiger partial charge is 0.341 e. The number of carboxylic acid groups (broad SMARTS) is 1. The molecule has 0 saturated heterocycles. The Morgan fingerprint density at radius 3 is 2.38 bits per heavy atom. The first-order valence-corrected chi connectivity index (χ1v) is 6.27. The van der Waals surface area contributed by atoms with Gasteiger partial charge >= 0.3 is 5.97 Å². The van der Waals surface area contributed by atoms with Crippen LogP contribution in [0.25, 0.3) is 11.3 Å². The van der Waals surface area contributed by atoms with Crippen LogP contribution in [0.3, 0.4) is 0 Å². The van der Waals surface area contributed by atoms with Crippen molar-refractivity contribution in [2.45, 2.75) is 13.5 Å². The van der Waals surface area contributed by atoms with Gasteiger partial charge in [0.15, 0.2) is 0 Å². The van der Waals surface area contributed by atoms with Crippen molar-refractivity contribution >= 4 is 5.97 Å². The molecule has 108 valence electrons. The van der Waals surface area contributed by atoms with Gasteiger partial charge < -0.3 is 9.67 Å². The van der Waals surface area contributed by atoms with Gasteiger partial charge in [-0.05, 0) is 48.9 Å². The highest BCUT2D eigenvalue weighted by Gasteiger charge is 2.15. The zero-order valence-corrected chi connectivity index (χ0v) is 11.5. The lowest BCUT2D eigenvalue weighted by Gasteiger charge is -2.14. The molecule has 2 aromatic rings. The van der Waals surface area contributed by atoms with Gasteiger partial charge in [0.05, 0.1) is 5.69 Å². The Morgan fingerprint density at radius 2 is 1.86 bits per heavy atom. The van der Waals surface area contributed by atoms with Crippen molar-refractivity contribution in [3.05, 3.63) is 70.3 Å².